The van der Waals surface area contributed by atoms with Gasteiger partial charge in [0.05, 0.1) is 29.8 Å². The summed E-state index contributed by atoms with van der Waals surface area (Å²) < 4.78 is 0. The molecular formula is C50H78N12O10. The Bertz CT molecular complexity index is 2040. The fourth-order valence-electron chi connectivity index (χ4n) is 7.91. The predicted octanol–water partition coefficient (Wildman–Crippen LogP) is 0.145. The van der Waals surface area contributed by atoms with Gasteiger partial charge in [0, 0.05) is 50.5 Å². The molecule has 72 heavy (non-hydrogen) atoms. The van der Waals surface area contributed by atoms with Gasteiger partial charge in [-0.1, -0.05) is 27.7 Å². The lowest BCUT2D eigenvalue weighted by Crippen LogP contribution is -2.60. The molecule has 2 aromatic rings. The number of aliphatic hydroxyl groups excluding tert-OH is 1. The van der Waals surface area contributed by atoms with Crippen LogP contribution in [0.5, 0.6) is 0 Å². The van der Waals surface area contributed by atoms with Crippen LogP contribution >= 0.6 is 0 Å². The van der Waals surface area contributed by atoms with Crippen LogP contribution in [-0.4, -0.2) is 155 Å². The van der Waals surface area contributed by atoms with E-state index in [0.717, 1.165) is 12.7 Å². The van der Waals surface area contributed by atoms with Crippen molar-refractivity contribution in [1.82, 2.24) is 57.4 Å². The van der Waals surface area contributed by atoms with Crippen molar-refractivity contribution in [2.45, 2.75) is 160 Å². The highest BCUT2D eigenvalue weighted by atomic mass is 16.3. The third-order valence-corrected chi connectivity index (χ3v) is 11.9. The second-order valence-corrected chi connectivity index (χ2v) is 18.9. The monoisotopic (exact) mass is 1010 g/mol. The first-order valence-corrected chi connectivity index (χ1v) is 25.2. The molecule has 22 heteroatoms. The first-order chi connectivity index (χ1) is 34.4. The van der Waals surface area contributed by atoms with Crippen molar-refractivity contribution in [3.63, 3.8) is 0 Å². The Morgan fingerprint density at radius 3 is 1.57 bits per heavy atom. The van der Waals surface area contributed by atoms with Crippen LogP contribution in [0.4, 0.5) is 0 Å². The second-order valence-electron chi connectivity index (χ2n) is 18.9. The summed E-state index contributed by atoms with van der Waals surface area (Å²) in [6.45, 7) is 9.84. The number of rotatable bonds is 33. The molecule has 0 spiro atoms. The number of aromatic nitrogens is 2. The minimum absolute atomic E-state index is 0.00224. The highest BCUT2D eigenvalue weighted by Gasteiger charge is 2.36. The average Bonchev–Trinajstić information content (AvgIpc) is 3.85. The number of carbonyl (C=O) groups excluding carboxylic acids is 9. The van der Waals surface area contributed by atoms with E-state index in [2.05, 4.69) is 52.5 Å². The van der Waals surface area contributed by atoms with E-state index in [4.69, 9.17) is 5.73 Å². The third-order valence-electron chi connectivity index (χ3n) is 11.9. The Balaban J connectivity index is 1.88. The van der Waals surface area contributed by atoms with Gasteiger partial charge in [-0.2, -0.15) is 0 Å². The average molecular weight is 1010 g/mol. The first kappa shape index (κ1) is 59.9. The van der Waals surface area contributed by atoms with Crippen LogP contribution in [0.15, 0.2) is 49.1 Å². The summed E-state index contributed by atoms with van der Waals surface area (Å²) in [6, 6.07) is -1.10. The van der Waals surface area contributed by atoms with E-state index in [1.54, 1.807) is 30.5 Å². The number of likely N-dealkylation sites (tertiary alicyclic amines) is 1. The molecule has 2 aromatic heterocycles. The minimum atomic E-state index is -1.48. The van der Waals surface area contributed by atoms with E-state index in [-0.39, 0.29) is 68.5 Å². The van der Waals surface area contributed by atoms with E-state index in [9.17, 15) is 48.3 Å². The molecule has 11 N–H and O–H groups in total. The van der Waals surface area contributed by atoms with E-state index in [1.165, 1.54) is 30.4 Å². The van der Waals surface area contributed by atoms with Crippen molar-refractivity contribution in [3.05, 3.63) is 60.2 Å². The normalized spacial score (nSPS) is 15.8. The number of amides is 8. The van der Waals surface area contributed by atoms with Gasteiger partial charge >= 0.3 is 0 Å². The maximum absolute atomic E-state index is 14.5. The van der Waals surface area contributed by atoms with Crippen LogP contribution in [0, 0.1) is 5.92 Å². The fraction of sp³-hybridized carbons (Fsp3) is 0.620. The molecule has 7 atom stereocenters. The molecule has 22 nitrogen and oxygen atoms in total. The number of nitrogens with two attached hydrogens (primary N) is 1. The number of pyridine rings is 2. The van der Waals surface area contributed by atoms with Gasteiger partial charge in [-0.15, -0.1) is 0 Å². The van der Waals surface area contributed by atoms with Crippen molar-refractivity contribution < 1.29 is 48.3 Å². The summed E-state index contributed by atoms with van der Waals surface area (Å²) in [5.41, 5.74) is 6.39. The van der Waals surface area contributed by atoms with Crippen molar-refractivity contribution in [2.24, 2.45) is 11.7 Å². The quantitative estimate of drug-likeness (QED) is 0.0336. The van der Waals surface area contributed by atoms with E-state index in [1.807, 2.05) is 27.7 Å². The lowest BCUT2D eigenvalue weighted by atomic mass is 10.00. The zero-order valence-corrected chi connectivity index (χ0v) is 42.5. The Kier molecular flexibility index (Phi) is 27.1. The SMILES string of the molecule is CC(C)C[C@H](NC(=O)[C@@H](CCCCNC(=O)c1cccnc1)NC(=O)[C@H](CCCCNC(=O)c1cccnc1)NC(=O)[C@H](CO)NC(=O)[C@H](C)N)C(=O)N[C@@H](CCCCNC(C)C)C(=O)N1CCC[C@H]1C=O. The standard InChI is InChI=1S/C50H78N12O10/c1-32(2)27-41(48(70)59-40(20-8-9-23-54-33(3)4)50(72)62-26-14-17-37(62)30-63)60-47(69)39(19-7-11-25-56-45(67)36-16-13-22-53-29-36)57-46(68)38(58-49(71)42(31-64)61-43(65)34(5)51)18-6-10-24-55-44(66)35-15-12-21-52-28-35/h12-13,15-16,21-22,28-30,32-34,37-42,54,64H,6-11,14,17-20,23-27,31,51H2,1-5H3,(H,55,66)(H,56,67)(H,57,68)(H,58,71)(H,59,70)(H,60,69)(H,61,65)/t34-,37-,38-,39+,40-,41-,42-/m0/s1. The Morgan fingerprint density at radius 2 is 1.11 bits per heavy atom. The summed E-state index contributed by atoms with van der Waals surface area (Å²) >= 11 is 0. The van der Waals surface area contributed by atoms with Crippen LogP contribution in [0.1, 0.15) is 132 Å². The molecule has 0 saturated carbocycles. The van der Waals surface area contributed by atoms with Crippen LogP contribution in [0.3, 0.4) is 0 Å². The zero-order chi connectivity index (χ0) is 53.0. The molecule has 8 amide bonds. The number of hydrogen-bond donors (Lipinski definition) is 10. The summed E-state index contributed by atoms with van der Waals surface area (Å²) in [5, 5.41) is 32.4. The van der Waals surface area contributed by atoms with Gasteiger partial charge in [0.25, 0.3) is 11.8 Å². The van der Waals surface area contributed by atoms with Crippen molar-refractivity contribution >= 4 is 53.5 Å². The molecule has 3 rings (SSSR count). The largest absolute Gasteiger partial charge is 0.394 e. The van der Waals surface area contributed by atoms with Gasteiger partial charge in [0.1, 0.15) is 36.5 Å². The van der Waals surface area contributed by atoms with E-state index >= 15 is 0 Å². The fourth-order valence-corrected chi connectivity index (χ4v) is 7.91. The number of nitrogens with one attached hydrogen (secondary N) is 8. The molecule has 0 aliphatic carbocycles. The molecule has 0 radical (unpaired) electrons. The summed E-state index contributed by atoms with van der Waals surface area (Å²) in [7, 11) is 0. The highest BCUT2D eigenvalue weighted by molar-refractivity contribution is 5.97. The molecule has 1 aliphatic rings. The highest BCUT2D eigenvalue weighted by Crippen LogP contribution is 2.19. The number of aliphatic hydroxyl groups is 1. The van der Waals surface area contributed by atoms with Gasteiger partial charge in [0.2, 0.25) is 35.4 Å². The Labute approximate surface area is 422 Å². The van der Waals surface area contributed by atoms with Crippen molar-refractivity contribution in [3.8, 4) is 0 Å². The first-order valence-electron chi connectivity index (χ1n) is 25.2. The molecule has 1 aliphatic heterocycles. The van der Waals surface area contributed by atoms with Gasteiger partial charge in [-0.3, -0.25) is 48.3 Å². The molecule has 0 bridgehead atoms. The molecule has 3 heterocycles. The summed E-state index contributed by atoms with van der Waals surface area (Å²) in [5.74, 6) is -4.97. The van der Waals surface area contributed by atoms with Gasteiger partial charge in [0.15, 0.2) is 0 Å². The van der Waals surface area contributed by atoms with E-state index < -0.39 is 78.4 Å². The van der Waals surface area contributed by atoms with Crippen LogP contribution < -0.4 is 48.3 Å². The van der Waals surface area contributed by atoms with Crippen molar-refractivity contribution in [1.29, 1.82) is 0 Å². The van der Waals surface area contributed by atoms with Crippen LogP contribution in [-0.2, 0) is 33.6 Å². The number of aldehydes is 1. The van der Waals surface area contributed by atoms with Crippen LogP contribution in [0.25, 0.3) is 0 Å². The topological polar surface area (TPSA) is 325 Å². The minimum Gasteiger partial charge on any atom is -0.394 e. The Morgan fingerprint density at radius 1 is 0.653 bits per heavy atom. The number of unbranched alkanes of at least 4 members (excludes halogenated alkanes) is 3. The molecular weight excluding hydrogens is 929 g/mol. The van der Waals surface area contributed by atoms with Gasteiger partial charge in [-0.25, -0.2) is 0 Å². The molecule has 1 fully saturated rings. The Hall–Kier alpha value is -6.39. The molecule has 0 aromatic carbocycles. The summed E-state index contributed by atoms with van der Waals surface area (Å²) in [4.78, 5) is 130. The third kappa shape index (κ3) is 21.5. The number of carbonyl (C=O) groups is 9. The zero-order valence-electron chi connectivity index (χ0n) is 42.5. The lowest BCUT2D eigenvalue weighted by molar-refractivity contribution is -0.140. The van der Waals surface area contributed by atoms with Gasteiger partial charge < -0.3 is 63.1 Å². The molecule has 0 unspecified atom stereocenters. The summed E-state index contributed by atoms with van der Waals surface area (Å²) in [6.07, 6.45) is 10.9. The molecule has 398 valence electrons. The maximum Gasteiger partial charge on any atom is 0.252 e. The van der Waals surface area contributed by atoms with Crippen LogP contribution in [0.2, 0.25) is 0 Å². The molecule has 1 saturated heterocycles. The number of hydrogen-bond acceptors (Lipinski definition) is 14. The predicted molar refractivity (Wildman–Crippen MR) is 268 cm³/mol. The van der Waals surface area contributed by atoms with Gasteiger partial charge in [-0.05, 0) is 121 Å². The second kappa shape index (κ2) is 32.6. The van der Waals surface area contributed by atoms with Crippen molar-refractivity contribution in [2.75, 3.05) is 32.8 Å². The van der Waals surface area contributed by atoms with E-state index in [0.29, 0.717) is 69.2 Å². The lowest BCUT2D eigenvalue weighted by Gasteiger charge is -2.30. The smallest absolute Gasteiger partial charge is 0.252 e. The number of nitrogens with zero attached hydrogens (tertiary/aromatic N) is 3. The maximum atomic E-state index is 14.5.